The van der Waals surface area contributed by atoms with Gasteiger partial charge in [0.1, 0.15) is 0 Å². The Morgan fingerprint density at radius 1 is 0.905 bits per heavy atom. The minimum Gasteiger partial charge on any atom is -0.271 e. The lowest BCUT2D eigenvalue weighted by molar-refractivity contribution is 0.588. The van der Waals surface area contributed by atoms with Gasteiger partial charge in [0, 0.05) is 0 Å². The molecule has 0 fully saturated rings. The molecule has 112 valence electrons. The molecule has 2 heteroatoms. The van der Waals surface area contributed by atoms with Crippen LogP contribution in [-0.4, -0.2) is 0 Å². The molecule has 0 heterocycles. The van der Waals surface area contributed by atoms with Gasteiger partial charge in [-0.25, -0.2) is 5.43 Å². The normalized spacial score (nSPS) is 13.2. The van der Waals surface area contributed by atoms with Crippen molar-refractivity contribution in [2.75, 3.05) is 0 Å². The second-order valence-corrected chi connectivity index (χ2v) is 6.57. The summed E-state index contributed by atoms with van der Waals surface area (Å²) in [4.78, 5) is 0. The van der Waals surface area contributed by atoms with Gasteiger partial charge in [-0.1, -0.05) is 76.2 Å². The Kier molecular flexibility index (Phi) is 4.81. The first-order valence-electron chi connectivity index (χ1n) is 7.61. The van der Waals surface area contributed by atoms with E-state index in [1.165, 1.54) is 22.3 Å². The standard InChI is InChI=1S/C19H26N2/c1-5-14-6-8-15(9-7-14)18(21-20)16-10-12-17(13-11-16)19(2,3)4/h6-13,18,21H,5,20H2,1-4H3. The average molecular weight is 282 g/mol. The second kappa shape index (κ2) is 6.42. The van der Waals surface area contributed by atoms with Crippen LogP contribution in [0.5, 0.6) is 0 Å². The molecule has 0 spiro atoms. The summed E-state index contributed by atoms with van der Waals surface area (Å²) < 4.78 is 0. The molecule has 0 saturated carbocycles. The highest BCUT2D eigenvalue weighted by molar-refractivity contribution is 5.36. The first-order chi connectivity index (χ1) is 9.95. The van der Waals surface area contributed by atoms with Gasteiger partial charge in [0.05, 0.1) is 6.04 Å². The molecule has 0 aliphatic heterocycles. The molecular formula is C19H26N2. The zero-order chi connectivity index (χ0) is 15.5. The van der Waals surface area contributed by atoms with E-state index in [1.54, 1.807) is 0 Å². The fourth-order valence-corrected chi connectivity index (χ4v) is 2.51. The topological polar surface area (TPSA) is 38.0 Å². The largest absolute Gasteiger partial charge is 0.271 e. The number of hydrazine groups is 1. The van der Waals surface area contributed by atoms with Crippen molar-refractivity contribution < 1.29 is 0 Å². The molecule has 2 nitrogen and oxygen atoms in total. The van der Waals surface area contributed by atoms with Gasteiger partial charge in [0.15, 0.2) is 0 Å². The van der Waals surface area contributed by atoms with Crippen molar-refractivity contribution in [3.05, 3.63) is 70.8 Å². The number of benzene rings is 2. The number of nitrogens with one attached hydrogen (secondary N) is 1. The fraction of sp³-hybridized carbons (Fsp3) is 0.368. The van der Waals surface area contributed by atoms with E-state index < -0.39 is 0 Å². The lowest BCUT2D eigenvalue weighted by Crippen LogP contribution is -2.28. The van der Waals surface area contributed by atoms with Crippen molar-refractivity contribution in [2.45, 2.75) is 45.6 Å². The smallest absolute Gasteiger partial charge is 0.0710 e. The molecule has 0 aliphatic rings. The maximum absolute atomic E-state index is 5.78. The van der Waals surface area contributed by atoms with Gasteiger partial charge in [-0.3, -0.25) is 5.84 Å². The molecule has 0 saturated heterocycles. The highest BCUT2D eigenvalue weighted by Gasteiger charge is 2.16. The predicted molar refractivity (Wildman–Crippen MR) is 90.1 cm³/mol. The summed E-state index contributed by atoms with van der Waals surface area (Å²) in [6, 6.07) is 17.4. The Bertz CT molecular complexity index is 562. The molecule has 21 heavy (non-hydrogen) atoms. The van der Waals surface area contributed by atoms with Crippen LogP contribution >= 0.6 is 0 Å². The van der Waals surface area contributed by atoms with Crippen molar-refractivity contribution in [3.8, 4) is 0 Å². The zero-order valence-corrected chi connectivity index (χ0v) is 13.5. The van der Waals surface area contributed by atoms with Gasteiger partial charge in [0.25, 0.3) is 0 Å². The highest BCUT2D eigenvalue weighted by atomic mass is 15.2. The van der Waals surface area contributed by atoms with Gasteiger partial charge in [-0.15, -0.1) is 0 Å². The van der Waals surface area contributed by atoms with Crippen molar-refractivity contribution >= 4 is 0 Å². The molecule has 0 aliphatic carbocycles. The molecule has 1 atom stereocenters. The quantitative estimate of drug-likeness (QED) is 0.654. The monoisotopic (exact) mass is 282 g/mol. The van der Waals surface area contributed by atoms with Crippen LogP contribution in [0, 0.1) is 0 Å². The molecule has 2 aromatic carbocycles. The number of hydrogen-bond donors (Lipinski definition) is 2. The highest BCUT2D eigenvalue weighted by Crippen LogP contribution is 2.26. The molecule has 2 rings (SSSR count). The molecule has 0 radical (unpaired) electrons. The summed E-state index contributed by atoms with van der Waals surface area (Å²) in [5, 5.41) is 0. The number of rotatable bonds is 4. The minimum atomic E-state index is 0.0323. The summed E-state index contributed by atoms with van der Waals surface area (Å²) in [7, 11) is 0. The summed E-state index contributed by atoms with van der Waals surface area (Å²) in [5.41, 5.74) is 8.17. The molecule has 3 N–H and O–H groups in total. The van der Waals surface area contributed by atoms with Gasteiger partial charge in [0.2, 0.25) is 0 Å². The lowest BCUT2D eigenvalue weighted by Gasteiger charge is -2.21. The Hall–Kier alpha value is -1.64. The van der Waals surface area contributed by atoms with E-state index in [0.717, 1.165) is 6.42 Å². The Morgan fingerprint density at radius 3 is 1.76 bits per heavy atom. The maximum Gasteiger partial charge on any atom is 0.0710 e. The summed E-state index contributed by atoms with van der Waals surface area (Å²) in [5.74, 6) is 5.78. The van der Waals surface area contributed by atoms with E-state index in [1.807, 2.05) is 0 Å². The lowest BCUT2D eigenvalue weighted by atomic mass is 9.86. The van der Waals surface area contributed by atoms with Crippen LogP contribution in [0.4, 0.5) is 0 Å². The Labute approximate surface area is 128 Å². The Balaban J connectivity index is 2.28. The van der Waals surface area contributed by atoms with Crippen LogP contribution in [0.25, 0.3) is 0 Å². The van der Waals surface area contributed by atoms with E-state index in [4.69, 9.17) is 5.84 Å². The Morgan fingerprint density at radius 2 is 1.38 bits per heavy atom. The minimum absolute atomic E-state index is 0.0323. The van der Waals surface area contributed by atoms with Gasteiger partial charge in [-0.05, 0) is 34.1 Å². The van der Waals surface area contributed by atoms with Crippen molar-refractivity contribution in [1.82, 2.24) is 5.43 Å². The van der Waals surface area contributed by atoms with E-state index in [-0.39, 0.29) is 11.5 Å². The van der Waals surface area contributed by atoms with Gasteiger partial charge < -0.3 is 0 Å². The number of aryl methyl sites for hydroxylation is 1. The van der Waals surface area contributed by atoms with Crippen LogP contribution in [0.1, 0.15) is 56.0 Å². The maximum atomic E-state index is 5.78. The van der Waals surface area contributed by atoms with Crippen LogP contribution in [0.2, 0.25) is 0 Å². The van der Waals surface area contributed by atoms with Crippen LogP contribution in [-0.2, 0) is 11.8 Å². The predicted octanol–water partition coefficient (Wildman–Crippen LogP) is 4.10. The third-order valence-electron chi connectivity index (χ3n) is 4.00. The first kappa shape index (κ1) is 15.7. The van der Waals surface area contributed by atoms with Crippen LogP contribution in [0.3, 0.4) is 0 Å². The second-order valence-electron chi connectivity index (χ2n) is 6.57. The molecule has 0 bridgehead atoms. The van der Waals surface area contributed by atoms with E-state index in [0.29, 0.717) is 0 Å². The summed E-state index contributed by atoms with van der Waals surface area (Å²) >= 11 is 0. The van der Waals surface area contributed by atoms with Crippen molar-refractivity contribution in [3.63, 3.8) is 0 Å². The van der Waals surface area contributed by atoms with E-state index in [2.05, 4.69) is 81.7 Å². The van der Waals surface area contributed by atoms with Crippen molar-refractivity contribution in [1.29, 1.82) is 0 Å². The van der Waals surface area contributed by atoms with Gasteiger partial charge >= 0.3 is 0 Å². The SMILES string of the molecule is CCc1ccc(C(NN)c2ccc(C(C)(C)C)cc2)cc1. The molecular weight excluding hydrogens is 256 g/mol. The zero-order valence-electron chi connectivity index (χ0n) is 13.5. The third-order valence-corrected chi connectivity index (χ3v) is 4.00. The third kappa shape index (κ3) is 3.72. The van der Waals surface area contributed by atoms with E-state index in [9.17, 15) is 0 Å². The van der Waals surface area contributed by atoms with Crippen molar-refractivity contribution in [2.24, 2.45) is 5.84 Å². The molecule has 2 aromatic rings. The van der Waals surface area contributed by atoms with Crippen LogP contribution < -0.4 is 11.3 Å². The molecule has 0 amide bonds. The fourth-order valence-electron chi connectivity index (χ4n) is 2.51. The summed E-state index contributed by atoms with van der Waals surface area (Å²) in [6.07, 6.45) is 1.06. The molecule has 1 unspecified atom stereocenters. The van der Waals surface area contributed by atoms with Gasteiger partial charge in [-0.2, -0.15) is 0 Å². The molecule has 0 aromatic heterocycles. The first-order valence-corrected chi connectivity index (χ1v) is 7.61. The average Bonchev–Trinajstić information content (AvgIpc) is 2.48. The van der Waals surface area contributed by atoms with Crippen LogP contribution in [0.15, 0.2) is 48.5 Å². The number of hydrogen-bond acceptors (Lipinski definition) is 2. The summed E-state index contributed by atoms with van der Waals surface area (Å²) in [6.45, 7) is 8.84. The van der Waals surface area contributed by atoms with E-state index >= 15 is 0 Å². The number of nitrogens with two attached hydrogens (primary N) is 1.